The van der Waals surface area contributed by atoms with E-state index in [4.69, 9.17) is 4.74 Å². The lowest BCUT2D eigenvalue weighted by atomic mass is 10.3. The van der Waals surface area contributed by atoms with Gasteiger partial charge in [-0.3, -0.25) is 0 Å². The average molecular weight is 235 g/mol. The zero-order chi connectivity index (χ0) is 12.7. The van der Waals surface area contributed by atoms with Gasteiger partial charge in [0.05, 0.1) is 13.7 Å². The highest BCUT2D eigenvalue weighted by atomic mass is 16.5. The molecule has 1 aromatic carbocycles. The number of esters is 1. The van der Waals surface area contributed by atoms with E-state index in [1.807, 2.05) is 31.3 Å². The number of nitrogens with one attached hydrogen (secondary N) is 1. The number of hydrogen-bond donors (Lipinski definition) is 1. The van der Waals surface area contributed by atoms with Crippen molar-refractivity contribution in [2.45, 2.75) is 6.42 Å². The predicted molar refractivity (Wildman–Crippen MR) is 67.3 cm³/mol. The van der Waals surface area contributed by atoms with Crippen LogP contribution in [0, 0.1) is 0 Å². The Bertz CT molecular complexity index is 347. The average Bonchev–Trinajstić information content (AvgIpc) is 2.75. The summed E-state index contributed by atoms with van der Waals surface area (Å²) in [6.45, 7) is 3.99. The minimum Gasteiger partial charge on any atom is -0.497 e. The molecule has 1 N–H and O–H groups in total. The van der Waals surface area contributed by atoms with Gasteiger partial charge in [-0.1, -0.05) is 6.58 Å². The highest BCUT2D eigenvalue weighted by Gasteiger charge is 2.14. The number of hydrogen-bond acceptors (Lipinski definition) is 4. The van der Waals surface area contributed by atoms with Crippen molar-refractivity contribution >= 4 is 11.7 Å². The minimum absolute atomic E-state index is 0.236. The molecular formula is C13H17NO3. The predicted octanol–water partition coefficient (Wildman–Crippen LogP) is 2.23. The van der Waals surface area contributed by atoms with Crippen LogP contribution in [0.4, 0.5) is 5.69 Å². The van der Waals surface area contributed by atoms with Crippen LogP contribution in [0.2, 0.25) is 0 Å². The Morgan fingerprint density at radius 1 is 1.35 bits per heavy atom. The van der Waals surface area contributed by atoms with E-state index in [1.54, 1.807) is 7.11 Å². The fourth-order valence-electron chi connectivity index (χ4n) is 1.23. The maximum absolute atomic E-state index is 10.3. The van der Waals surface area contributed by atoms with Crippen LogP contribution in [-0.2, 0) is 9.53 Å². The van der Waals surface area contributed by atoms with Crippen LogP contribution in [-0.4, -0.2) is 26.7 Å². The third kappa shape index (κ3) is 4.18. The summed E-state index contributed by atoms with van der Waals surface area (Å²) in [7, 11) is 3.55. The first-order valence-corrected chi connectivity index (χ1v) is 5.34. The molecule has 4 heteroatoms. The molecule has 1 fully saturated rings. The third-order valence-electron chi connectivity index (χ3n) is 2.30. The van der Waals surface area contributed by atoms with Crippen molar-refractivity contribution in [1.29, 1.82) is 0 Å². The number of ether oxygens (including phenoxy) is 2. The minimum atomic E-state index is -0.236. The molecule has 1 aromatic rings. The number of carbonyl (C=O) groups is 1. The van der Waals surface area contributed by atoms with Gasteiger partial charge in [-0.05, 0) is 24.3 Å². The zero-order valence-electron chi connectivity index (χ0n) is 10.2. The number of anilines is 1. The van der Waals surface area contributed by atoms with Crippen molar-refractivity contribution < 1.29 is 14.3 Å². The molecule has 0 radical (unpaired) electrons. The van der Waals surface area contributed by atoms with Gasteiger partial charge in [-0.2, -0.15) is 0 Å². The number of methoxy groups -OCH3 is 1. The maximum atomic E-state index is 10.3. The Hall–Kier alpha value is -1.97. The number of benzene rings is 1. The van der Waals surface area contributed by atoms with Gasteiger partial charge in [-0.15, -0.1) is 0 Å². The van der Waals surface area contributed by atoms with Gasteiger partial charge in [-0.25, -0.2) is 4.79 Å². The Balaban J connectivity index is 0.000000181. The Morgan fingerprint density at radius 2 is 2.00 bits per heavy atom. The summed E-state index contributed by atoms with van der Waals surface area (Å²) >= 11 is 0. The second-order valence-corrected chi connectivity index (χ2v) is 3.47. The molecule has 1 saturated heterocycles. The van der Waals surface area contributed by atoms with E-state index in [0.717, 1.165) is 11.4 Å². The second-order valence-electron chi connectivity index (χ2n) is 3.47. The molecule has 92 valence electrons. The normalized spacial score (nSPS) is 13.5. The highest BCUT2D eigenvalue weighted by molar-refractivity contribution is 5.89. The SMILES string of the molecule is C=C1CCOC1=O.CNc1ccc(OC)cc1. The van der Waals surface area contributed by atoms with Crippen molar-refractivity contribution in [3.8, 4) is 5.75 Å². The molecule has 0 bridgehead atoms. The Kier molecular flexibility index (Phi) is 5.07. The van der Waals surface area contributed by atoms with Crippen LogP contribution in [0.1, 0.15) is 6.42 Å². The first kappa shape index (κ1) is 13.1. The zero-order valence-corrected chi connectivity index (χ0v) is 10.2. The molecule has 1 heterocycles. The van der Waals surface area contributed by atoms with Crippen LogP contribution in [0.15, 0.2) is 36.4 Å². The summed E-state index contributed by atoms with van der Waals surface area (Å²) in [6.07, 6.45) is 0.707. The van der Waals surface area contributed by atoms with Gasteiger partial charge < -0.3 is 14.8 Å². The van der Waals surface area contributed by atoms with Gasteiger partial charge in [0.15, 0.2) is 0 Å². The first-order chi connectivity index (χ1) is 8.17. The van der Waals surface area contributed by atoms with E-state index >= 15 is 0 Å². The fourth-order valence-corrected chi connectivity index (χ4v) is 1.23. The summed E-state index contributed by atoms with van der Waals surface area (Å²) < 4.78 is 9.51. The monoisotopic (exact) mass is 235 g/mol. The van der Waals surface area contributed by atoms with Gasteiger partial charge in [0.2, 0.25) is 0 Å². The van der Waals surface area contributed by atoms with Gasteiger partial charge in [0.1, 0.15) is 5.75 Å². The molecule has 0 aliphatic carbocycles. The van der Waals surface area contributed by atoms with E-state index in [-0.39, 0.29) is 5.97 Å². The summed E-state index contributed by atoms with van der Waals surface area (Å²) in [5.74, 6) is 0.652. The molecule has 2 rings (SSSR count). The molecule has 0 atom stereocenters. The summed E-state index contributed by atoms with van der Waals surface area (Å²) in [5, 5.41) is 3.02. The highest BCUT2D eigenvalue weighted by Crippen LogP contribution is 2.13. The summed E-state index contributed by atoms with van der Waals surface area (Å²) in [5.41, 5.74) is 1.70. The molecule has 1 aliphatic rings. The summed E-state index contributed by atoms with van der Waals surface area (Å²) in [6, 6.07) is 7.79. The quantitative estimate of drug-likeness (QED) is 0.630. The van der Waals surface area contributed by atoms with Crippen LogP contribution in [0.3, 0.4) is 0 Å². The van der Waals surface area contributed by atoms with E-state index in [0.29, 0.717) is 18.6 Å². The van der Waals surface area contributed by atoms with Crippen LogP contribution in [0.5, 0.6) is 5.75 Å². The van der Waals surface area contributed by atoms with E-state index in [1.165, 1.54) is 0 Å². The molecule has 0 amide bonds. The van der Waals surface area contributed by atoms with Gasteiger partial charge >= 0.3 is 5.97 Å². The molecule has 0 aromatic heterocycles. The lowest BCUT2D eigenvalue weighted by Crippen LogP contribution is -1.91. The smallest absolute Gasteiger partial charge is 0.333 e. The number of carbonyl (C=O) groups excluding carboxylic acids is 1. The van der Waals surface area contributed by atoms with E-state index < -0.39 is 0 Å². The van der Waals surface area contributed by atoms with Crippen molar-refractivity contribution in [3.63, 3.8) is 0 Å². The molecule has 4 nitrogen and oxygen atoms in total. The van der Waals surface area contributed by atoms with E-state index in [2.05, 4.69) is 16.6 Å². The maximum Gasteiger partial charge on any atom is 0.333 e. The molecule has 1 aliphatic heterocycles. The van der Waals surface area contributed by atoms with Gasteiger partial charge in [0, 0.05) is 24.7 Å². The molecule has 17 heavy (non-hydrogen) atoms. The van der Waals surface area contributed by atoms with Gasteiger partial charge in [0.25, 0.3) is 0 Å². The lowest BCUT2D eigenvalue weighted by molar-refractivity contribution is -0.135. The molecule has 0 spiro atoms. The Morgan fingerprint density at radius 3 is 2.29 bits per heavy atom. The van der Waals surface area contributed by atoms with Crippen molar-refractivity contribution in [3.05, 3.63) is 36.4 Å². The van der Waals surface area contributed by atoms with Crippen molar-refractivity contribution in [1.82, 2.24) is 0 Å². The van der Waals surface area contributed by atoms with Crippen LogP contribution in [0.25, 0.3) is 0 Å². The second kappa shape index (κ2) is 6.58. The standard InChI is InChI=1S/C8H11NO.C5H6O2/c1-9-7-3-5-8(10-2)6-4-7;1-4-2-3-7-5(4)6/h3-6,9H,1-2H3;1-3H2. The molecular weight excluding hydrogens is 218 g/mol. The fraction of sp³-hybridized carbons (Fsp3) is 0.308. The molecule has 0 saturated carbocycles. The number of cyclic esters (lactones) is 1. The van der Waals surface area contributed by atoms with E-state index in [9.17, 15) is 4.79 Å². The van der Waals surface area contributed by atoms with Crippen LogP contribution >= 0.6 is 0 Å². The summed E-state index contributed by atoms with van der Waals surface area (Å²) in [4.78, 5) is 10.3. The topological polar surface area (TPSA) is 47.6 Å². The number of rotatable bonds is 2. The largest absolute Gasteiger partial charge is 0.497 e. The van der Waals surface area contributed by atoms with Crippen LogP contribution < -0.4 is 10.1 Å². The first-order valence-electron chi connectivity index (χ1n) is 5.34. The van der Waals surface area contributed by atoms with Crippen molar-refractivity contribution in [2.75, 3.05) is 26.1 Å². The molecule has 0 unspecified atom stereocenters. The third-order valence-corrected chi connectivity index (χ3v) is 2.30. The lowest BCUT2D eigenvalue weighted by Gasteiger charge is -2.00. The Labute approximate surface area is 101 Å². The van der Waals surface area contributed by atoms with Crippen molar-refractivity contribution in [2.24, 2.45) is 0 Å².